The lowest BCUT2D eigenvalue weighted by atomic mass is 10.1. The first-order valence-corrected chi connectivity index (χ1v) is 14.4. The van der Waals surface area contributed by atoms with Crippen LogP contribution in [0.25, 0.3) is 11.2 Å². The van der Waals surface area contributed by atoms with Gasteiger partial charge in [-0.25, -0.2) is 24.7 Å². The predicted molar refractivity (Wildman–Crippen MR) is 138 cm³/mol. The molecule has 1 aliphatic rings. The lowest BCUT2D eigenvalue weighted by Gasteiger charge is -2.37. The number of unbranched alkanes of at least 4 members (excludes halogenated alkanes) is 2. The molecule has 13 nitrogen and oxygen atoms in total. The molecule has 0 spiro atoms. The van der Waals surface area contributed by atoms with Gasteiger partial charge in [0.25, 0.3) is 0 Å². The molecule has 37 heavy (non-hydrogen) atoms. The van der Waals surface area contributed by atoms with Crippen LogP contribution in [0, 0.1) is 0 Å². The van der Waals surface area contributed by atoms with Crippen molar-refractivity contribution in [2.45, 2.75) is 84.0 Å². The Morgan fingerprint density at radius 3 is 2.78 bits per heavy atom. The standard InChI is InChI=1S/C23H38N7O6P/c1-5-6-7-11-35-22(33)23(3,4)28-37(34,30-10-8-9-17(30)21(31)32)15-36-16(2)12-29-14-27-18-19(24)25-13-26-20(18)29/h13-14,16-17H,5-12,15H2,1-4H3,(H,28,34)(H,31,32)(H2,24,25,26)/t16-,17-,37?/m1/s1. The third kappa shape index (κ3) is 7.04. The maximum atomic E-state index is 14.4. The monoisotopic (exact) mass is 539 g/mol. The SMILES string of the molecule is CCCCCOC(=O)C(C)(C)NP(=O)(CO[C@H](C)Cn1cnc2c(N)ncnc21)N1CCC[C@@H]1C(=O)O. The van der Waals surface area contributed by atoms with Crippen LogP contribution in [0.2, 0.25) is 0 Å². The summed E-state index contributed by atoms with van der Waals surface area (Å²) >= 11 is 0. The highest BCUT2D eigenvalue weighted by molar-refractivity contribution is 7.59. The lowest BCUT2D eigenvalue weighted by Crippen LogP contribution is -2.50. The van der Waals surface area contributed by atoms with Crippen molar-refractivity contribution in [3.05, 3.63) is 12.7 Å². The van der Waals surface area contributed by atoms with Gasteiger partial charge in [-0.15, -0.1) is 0 Å². The smallest absolute Gasteiger partial charge is 0.326 e. The van der Waals surface area contributed by atoms with Gasteiger partial charge in [0.1, 0.15) is 29.8 Å². The van der Waals surface area contributed by atoms with Gasteiger partial charge in [0.2, 0.25) is 7.44 Å². The van der Waals surface area contributed by atoms with Gasteiger partial charge in [-0.2, -0.15) is 0 Å². The van der Waals surface area contributed by atoms with Crippen molar-refractivity contribution in [1.82, 2.24) is 29.3 Å². The molecule has 4 N–H and O–H groups in total. The second kappa shape index (κ2) is 12.3. The maximum Gasteiger partial charge on any atom is 0.326 e. The minimum absolute atomic E-state index is 0.267. The van der Waals surface area contributed by atoms with E-state index in [9.17, 15) is 19.3 Å². The number of anilines is 1. The second-order valence-electron chi connectivity index (χ2n) is 9.88. The fraction of sp³-hybridized carbons (Fsp3) is 0.696. The summed E-state index contributed by atoms with van der Waals surface area (Å²) < 4.78 is 29.0. The van der Waals surface area contributed by atoms with Crippen LogP contribution in [0.4, 0.5) is 5.82 Å². The van der Waals surface area contributed by atoms with Crippen molar-refractivity contribution in [3.8, 4) is 0 Å². The number of carboxylic acid groups (broad SMARTS) is 1. The normalized spacial score (nSPS) is 19.1. The van der Waals surface area contributed by atoms with Crippen LogP contribution in [0.5, 0.6) is 0 Å². The molecule has 0 aromatic carbocycles. The van der Waals surface area contributed by atoms with Crippen LogP contribution in [-0.2, 0) is 30.2 Å². The Morgan fingerprint density at radius 1 is 1.32 bits per heavy atom. The van der Waals surface area contributed by atoms with E-state index >= 15 is 0 Å². The minimum Gasteiger partial charge on any atom is -0.480 e. The zero-order valence-corrected chi connectivity index (χ0v) is 22.8. The lowest BCUT2D eigenvalue weighted by molar-refractivity contribution is -0.149. The molecule has 206 valence electrons. The molecular formula is C23H38N7O6P. The number of rotatable bonds is 14. The molecule has 0 aliphatic carbocycles. The van der Waals surface area contributed by atoms with E-state index in [1.54, 1.807) is 31.7 Å². The van der Waals surface area contributed by atoms with Crippen molar-refractivity contribution in [2.24, 2.45) is 0 Å². The number of carbonyl (C=O) groups is 2. The molecule has 14 heteroatoms. The Labute approximate surface area is 216 Å². The fourth-order valence-corrected chi connectivity index (χ4v) is 7.22. The summed E-state index contributed by atoms with van der Waals surface area (Å²) in [6.45, 7) is 7.92. The number of nitrogens with zero attached hydrogens (tertiary/aromatic N) is 5. The summed E-state index contributed by atoms with van der Waals surface area (Å²) in [6, 6.07) is -0.939. The number of ether oxygens (including phenoxy) is 2. The minimum atomic E-state index is -3.69. The average molecular weight is 540 g/mol. The number of nitrogens with two attached hydrogens (primary N) is 1. The average Bonchev–Trinajstić information content (AvgIpc) is 3.49. The quantitative estimate of drug-likeness (QED) is 0.182. The van der Waals surface area contributed by atoms with Gasteiger partial charge in [0.05, 0.1) is 25.6 Å². The summed E-state index contributed by atoms with van der Waals surface area (Å²) in [6.07, 6.45) is 5.78. The first-order valence-electron chi connectivity index (χ1n) is 12.6. The molecule has 3 atom stereocenters. The molecule has 3 heterocycles. The third-order valence-electron chi connectivity index (χ3n) is 6.29. The number of imidazole rings is 1. The number of nitrogens with one attached hydrogen (secondary N) is 1. The van der Waals surface area contributed by atoms with Gasteiger partial charge in [-0.1, -0.05) is 19.8 Å². The Hall–Kier alpha value is -2.60. The van der Waals surface area contributed by atoms with E-state index in [1.165, 1.54) is 11.0 Å². The van der Waals surface area contributed by atoms with Gasteiger partial charge in [0.15, 0.2) is 11.5 Å². The fourth-order valence-electron chi connectivity index (χ4n) is 4.33. The van der Waals surface area contributed by atoms with Crippen molar-refractivity contribution >= 4 is 36.4 Å². The summed E-state index contributed by atoms with van der Waals surface area (Å²) in [5.41, 5.74) is 5.55. The van der Waals surface area contributed by atoms with E-state index in [2.05, 4.69) is 27.0 Å². The van der Waals surface area contributed by atoms with Crippen LogP contribution in [0.3, 0.4) is 0 Å². The number of hydrogen-bond acceptors (Lipinski definition) is 9. The first-order chi connectivity index (χ1) is 17.5. The molecule has 0 amide bonds. The number of esters is 1. The molecule has 3 rings (SSSR count). The Balaban J connectivity index is 1.75. The number of nitrogen functional groups attached to an aromatic ring is 1. The first kappa shape index (κ1) is 29.0. The molecule has 1 unspecified atom stereocenters. The number of hydrogen-bond donors (Lipinski definition) is 3. The van der Waals surface area contributed by atoms with Gasteiger partial charge >= 0.3 is 11.9 Å². The molecule has 2 aromatic rings. The molecule has 0 radical (unpaired) electrons. The van der Waals surface area contributed by atoms with Gasteiger partial charge in [-0.3, -0.25) is 14.2 Å². The number of aromatic nitrogens is 4. The zero-order valence-electron chi connectivity index (χ0n) is 21.9. The molecular weight excluding hydrogens is 501 g/mol. The number of fused-ring (bicyclic) bond motifs is 1. The second-order valence-corrected chi connectivity index (χ2v) is 12.3. The van der Waals surface area contributed by atoms with Crippen LogP contribution >= 0.6 is 7.44 Å². The summed E-state index contributed by atoms with van der Waals surface area (Å²) in [7, 11) is -3.69. The summed E-state index contributed by atoms with van der Waals surface area (Å²) in [4.78, 5) is 37.1. The van der Waals surface area contributed by atoms with E-state index in [1.807, 2.05) is 0 Å². The van der Waals surface area contributed by atoms with Crippen LogP contribution in [0.1, 0.15) is 59.8 Å². The zero-order chi connectivity index (χ0) is 27.2. The Kier molecular flexibility index (Phi) is 9.63. The molecule has 1 saturated heterocycles. The summed E-state index contributed by atoms with van der Waals surface area (Å²) in [5.74, 6) is -1.34. The van der Waals surface area contributed by atoms with Crippen molar-refractivity contribution in [3.63, 3.8) is 0 Å². The van der Waals surface area contributed by atoms with E-state index in [4.69, 9.17) is 15.2 Å². The van der Waals surface area contributed by atoms with Gasteiger partial charge in [0, 0.05) is 6.54 Å². The highest BCUT2D eigenvalue weighted by Gasteiger charge is 2.47. The van der Waals surface area contributed by atoms with Crippen LogP contribution in [0.15, 0.2) is 12.7 Å². The van der Waals surface area contributed by atoms with Crippen molar-refractivity contribution < 1.29 is 28.7 Å². The van der Waals surface area contributed by atoms with Crippen LogP contribution < -0.4 is 10.8 Å². The Morgan fingerprint density at radius 2 is 2.08 bits per heavy atom. The molecule has 1 fully saturated rings. The summed E-state index contributed by atoms with van der Waals surface area (Å²) in [5, 5.41) is 12.7. The number of carbonyl (C=O) groups excluding carboxylic acids is 1. The van der Waals surface area contributed by atoms with Crippen LogP contribution in [-0.4, -0.2) is 78.4 Å². The molecule has 0 bridgehead atoms. The van der Waals surface area contributed by atoms with E-state index in [-0.39, 0.29) is 18.8 Å². The van der Waals surface area contributed by atoms with E-state index in [0.29, 0.717) is 37.1 Å². The maximum absolute atomic E-state index is 14.4. The Bertz CT molecular complexity index is 1140. The topological polar surface area (TPSA) is 175 Å². The third-order valence-corrected chi connectivity index (χ3v) is 9.00. The van der Waals surface area contributed by atoms with E-state index in [0.717, 1.165) is 19.3 Å². The largest absolute Gasteiger partial charge is 0.480 e. The van der Waals surface area contributed by atoms with Gasteiger partial charge in [-0.05, 0) is 40.0 Å². The number of aliphatic carboxylic acids is 1. The number of carboxylic acids is 1. The van der Waals surface area contributed by atoms with Gasteiger partial charge < -0.3 is 24.9 Å². The van der Waals surface area contributed by atoms with E-state index < -0.39 is 37.1 Å². The highest BCUT2D eigenvalue weighted by Crippen LogP contribution is 2.51. The molecule has 0 saturated carbocycles. The molecule has 1 aliphatic heterocycles. The van der Waals surface area contributed by atoms with Crippen molar-refractivity contribution in [2.75, 3.05) is 25.2 Å². The highest BCUT2D eigenvalue weighted by atomic mass is 31.2. The predicted octanol–water partition coefficient (Wildman–Crippen LogP) is 2.61. The van der Waals surface area contributed by atoms with Crippen molar-refractivity contribution in [1.29, 1.82) is 0 Å². The molecule has 2 aromatic heterocycles.